The molecule has 1 aromatic heterocycles. The molecule has 0 radical (unpaired) electrons. The number of ether oxygens (including phenoxy) is 1. The Hall–Kier alpha value is -3.11. The third kappa shape index (κ3) is 4.97. The highest BCUT2D eigenvalue weighted by molar-refractivity contribution is 7.92. The number of hydrogen-bond donors (Lipinski definition) is 0. The number of carbonyl (C=O) groups is 1. The summed E-state index contributed by atoms with van der Waals surface area (Å²) in [4.78, 5) is 15.3. The molecule has 3 aromatic rings. The number of anilines is 1. The Kier molecular flexibility index (Phi) is 6.23. The number of pyridine rings is 1. The average Bonchev–Trinajstić information content (AvgIpc) is 2.73. The van der Waals surface area contributed by atoms with Crippen molar-refractivity contribution in [1.82, 2.24) is 4.98 Å². The van der Waals surface area contributed by atoms with Gasteiger partial charge in [-0.3, -0.25) is 9.29 Å². The number of sulfonamides is 1. The van der Waals surface area contributed by atoms with Crippen molar-refractivity contribution in [2.24, 2.45) is 0 Å². The molecule has 0 aliphatic heterocycles. The molecule has 0 bridgehead atoms. The average molecular weight is 471 g/mol. The fourth-order valence-electron chi connectivity index (χ4n) is 2.56. The van der Waals surface area contributed by atoms with E-state index in [0.717, 1.165) is 16.4 Å². The van der Waals surface area contributed by atoms with Gasteiger partial charge in [-0.25, -0.2) is 13.2 Å². The van der Waals surface area contributed by atoms with Gasteiger partial charge in [0.2, 0.25) is 0 Å². The van der Waals surface area contributed by atoms with Crippen LogP contribution < -0.4 is 9.04 Å². The summed E-state index contributed by atoms with van der Waals surface area (Å²) in [7, 11) is -3.12. The fourth-order valence-corrected chi connectivity index (χ4v) is 4.00. The number of benzene rings is 2. The molecule has 11 heteroatoms. The van der Waals surface area contributed by atoms with Crippen molar-refractivity contribution in [2.75, 3.05) is 11.4 Å². The van der Waals surface area contributed by atoms with E-state index in [-0.39, 0.29) is 17.0 Å². The van der Waals surface area contributed by atoms with Gasteiger partial charge >= 0.3 is 12.1 Å². The molecule has 0 aliphatic rings. The molecular formula is C20H14ClF3N2O4S. The Labute approximate surface area is 180 Å². The number of aromatic nitrogens is 1. The Balaban J connectivity index is 1.82. The first-order chi connectivity index (χ1) is 14.5. The van der Waals surface area contributed by atoms with E-state index in [9.17, 15) is 26.4 Å². The van der Waals surface area contributed by atoms with Crippen LogP contribution in [0.2, 0.25) is 5.02 Å². The second kappa shape index (κ2) is 8.56. The standard InChI is InChI=1S/C20H14ClF3N2O4S/c1-26(31(28,29)16-6-7-18(21)17(12-16)20(22,23)24)14-2-4-15(5-3-14)30-19(27)13-8-10-25-11-9-13/h2-12H,1H3. The van der Waals surface area contributed by atoms with E-state index in [1.54, 1.807) is 0 Å². The maximum Gasteiger partial charge on any atom is 0.417 e. The molecule has 0 atom stereocenters. The quantitative estimate of drug-likeness (QED) is 0.395. The second-order valence-corrected chi connectivity index (χ2v) is 8.61. The van der Waals surface area contributed by atoms with Gasteiger partial charge in [0.15, 0.2) is 0 Å². The van der Waals surface area contributed by atoms with Gasteiger partial charge in [-0.05, 0) is 54.6 Å². The normalized spacial score (nSPS) is 11.8. The molecule has 3 rings (SSSR count). The topological polar surface area (TPSA) is 76.6 Å². The zero-order valence-electron chi connectivity index (χ0n) is 15.8. The number of halogens is 4. The van der Waals surface area contributed by atoms with E-state index in [2.05, 4.69) is 4.98 Å². The number of nitrogens with zero attached hydrogens (tertiary/aromatic N) is 2. The Morgan fingerprint density at radius 3 is 2.23 bits per heavy atom. The Bertz CT molecular complexity index is 1200. The predicted molar refractivity (Wildman–Crippen MR) is 108 cm³/mol. The van der Waals surface area contributed by atoms with Gasteiger partial charge in [0.05, 0.1) is 26.7 Å². The van der Waals surface area contributed by atoms with Crippen LogP contribution in [-0.4, -0.2) is 26.4 Å². The zero-order chi connectivity index (χ0) is 22.8. The smallest absolute Gasteiger partial charge is 0.417 e. The summed E-state index contributed by atoms with van der Waals surface area (Å²) in [6, 6.07) is 10.7. The molecule has 0 N–H and O–H groups in total. The van der Waals surface area contributed by atoms with Crippen molar-refractivity contribution >= 4 is 33.3 Å². The van der Waals surface area contributed by atoms with E-state index >= 15 is 0 Å². The molecule has 0 spiro atoms. The highest BCUT2D eigenvalue weighted by Gasteiger charge is 2.35. The molecule has 0 saturated heterocycles. The van der Waals surface area contributed by atoms with Crippen LogP contribution in [-0.2, 0) is 16.2 Å². The lowest BCUT2D eigenvalue weighted by Crippen LogP contribution is -2.27. The van der Waals surface area contributed by atoms with Crippen LogP contribution in [0.4, 0.5) is 18.9 Å². The first kappa shape index (κ1) is 22.6. The molecule has 6 nitrogen and oxygen atoms in total. The minimum atomic E-state index is -4.80. The van der Waals surface area contributed by atoms with Crippen molar-refractivity contribution in [3.05, 3.63) is 83.1 Å². The summed E-state index contributed by atoms with van der Waals surface area (Å²) in [6.07, 6.45) is -1.94. The van der Waals surface area contributed by atoms with Gasteiger partial charge in [-0.1, -0.05) is 11.6 Å². The van der Waals surface area contributed by atoms with Crippen molar-refractivity contribution in [2.45, 2.75) is 11.1 Å². The van der Waals surface area contributed by atoms with Crippen LogP contribution in [0.15, 0.2) is 71.9 Å². The Morgan fingerprint density at radius 2 is 1.65 bits per heavy atom. The first-order valence-corrected chi connectivity index (χ1v) is 10.4. The van der Waals surface area contributed by atoms with Gasteiger partial charge in [-0.2, -0.15) is 13.2 Å². The summed E-state index contributed by atoms with van der Waals surface area (Å²) >= 11 is 5.56. The van der Waals surface area contributed by atoms with Gasteiger partial charge in [0.1, 0.15) is 5.75 Å². The molecule has 0 fully saturated rings. The number of rotatable bonds is 5. The minimum absolute atomic E-state index is 0.146. The molecule has 31 heavy (non-hydrogen) atoms. The maximum absolute atomic E-state index is 13.1. The van der Waals surface area contributed by atoms with Crippen molar-refractivity contribution in [3.8, 4) is 5.75 Å². The highest BCUT2D eigenvalue weighted by Crippen LogP contribution is 2.36. The predicted octanol–water partition coefficient (Wildman–Crippen LogP) is 4.80. The lowest BCUT2D eigenvalue weighted by molar-refractivity contribution is -0.137. The van der Waals surface area contributed by atoms with Gasteiger partial charge < -0.3 is 4.74 Å². The molecule has 0 amide bonds. The molecular weight excluding hydrogens is 457 g/mol. The van der Waals surface area contributed by atoms with E-state index in [1.807, 2.05) is 0 Å². The van der Waals surface area contributed by atoms with E-state index < -0.39 is 37.7 Å². The van der Waals surface area contributed by atoms with Crippen LogP contribution >= 0.6 is 11.6 Å². The lowest BCUT2D eigenvalue weighted by Gasteiger charge is -2.20. The number of hydrogen-bond acceptors (Lipinski definition) is 5. The second-order valence-electron chi connectivity index (χ2n) is 6.23. The molecule has 162 valence electrons. The summed E-state index contributed by atoms with van der Waals surface area (Å²) < 4.78 is 70.8. The van der Waals surface area contributed by atoms with Crippen LogP contribution in [0.25, 0.3) is 0 Å². The van der Waals surface area contributed by atoms with Crippen LogP contribution in [0.3, 0.4) is 0 Å². The minimum Gasteiger partial charge on any atom is -0.423 e. The third-order valence-electron chi connectivity index (χ3n) is 4.23. The van der Waals surface area contributed by atoms with Gasteiger partial charge in [0.25, 0.3) is 10.0 Å². The van der Waals surface area contributed by atoms with Crippen molar-refractivity contribution in [3.63, 3.8) is 0 Å². The SMILES string of the molecule is CN(c1ccc(OC(=O)c2ccncc2)cc1)S(=O)(=O)c1ccc(Cl)c(C(F)(F)F)c1. The van der Waals surface area contributed by atoms with E-state index in [4.69, 9.17) is 16.3 Å². The number of carbonyl (C=O) groups excluding carboxylic acids is 1. The van der Waals surface area contributed by atoms with Crippen LogP contribution in [0.1, 0.15) is 15.9 Å². The largest absolute Gasteiger partial charge is 0.423 e. The number of esters is 1. The van der Waals surface area contributed by atoms with Crippen LogP contribution in [0.5, 0.6) is 5.75 Å². The fraction of sp³-hybridized carbons (Fsp3) is 0.100. The van der Waals surface area contributed by atoms with Gasteiger partial charge in [0, 0.05) is 19.4 Å². The summed E-state index contributed by atoms with van der Waals surface area (Å²) in [5, 5.41) is -0.602. The molecule has 0 aliphatic carbocycles. The summed E-state index contributed by atoms with van der Waals surface area (Å²) in [5.74, 6) is -0.473. The van der Waals surface area contributed by atoms with Crippen molar-refractivity contribution < 1.29 is 31.1 Å². The molecule has 0 unspecified atom stereocenters. The molecule has 0 saturated carbocycles. The number of alkyl halides is 3. The maximum atomic E-state index is 13.1. The van der Waals surface area contributed by atoms with E-state index in [0.29, 0.717) is 6.07 Å². The molecule has 2 aromatic carbocycles. The third-order valence-corrected chi connectivity index (χ3v) is 6.34. The lowest BCUT2D eigenvalue weighted by atomic mass is 10.2. The van der Waals surface area contributed by atoms with E-state index in [1.165, 1.54) is 55.8 Å². The first-order valence-electron chi connectivity index (χ1n) is 8.58. The monoisotopic (exact) mass is 470 g/mol. The van der Waals surface area contributed by atoms with Crippen LogP contribution in [0, 0.1) is 0 Å². The summed E-state index contributed by atoms with van der Waals surface area (Å²) in [6.45, 7) is 0. The molecule has 1 heterocycles. The van der Waals surface area contributed by atoms with Crippen molar-refractivity contribution in [1.29, 1.82) is 0 Å². The zero-order valence-corrected chi connectivity index (χ0v) is 17.4. The highest BCUT2D eigenvalue weighted by atomic mass is 35.5. The Morgan fingerprint density at radius 1 is 1.03 bits per heavy atom. The summed E-state index contributed by atoms with van der Waals surface area (Å²) in [5.41, 5.74) is -0.823. The van der Waals surface area contributed by atoms with Gasteiger partial charge in [-0.15, -0.1) is 0 Å².